The molecule has 0 aromatic rings. The van der Waals surface area contributed by atoms with E-state index in [-0.39, 0.29) is 5.54 Å². The lowest BCUT2D eigenvalue weighted by Gasteiger charge is -2.06. The van der Waals surface area contributed by atoms with Gasteiger partial charge in [-0.1, -0.05) is 0 Å². The largest absolute Gasteiger partial charge is 0.326 e. The second kappa shape index (κ2) is 4.61. The van der Waals surface area contributed by atoms with Crippen molar-refractivity contribution in [1.82, 2.24) is 0 Å². The van der Waals surface area contributed by atoms with Crippen LogP contribution in [0, 0.1) is 11.3 Å². The maximum Gasteiger partial charge on any atom is 0.0587 e. The zero-order valence-corrected chi connectivity index (χ0v) is 6.02. The lowest BCUT2D eigenvalue weighted by molar-refractivity contribution is 0.580. The molecule has 0 unspecified atom stereocenters. The molecule has 0 aromatic carbocycles. The average Bonchev–Trinajstić information content (AvgIpc) is 1.27. The van der Waals surface area contributed by atoms with Crippen molar-refractivity contribution in [3.8, 4) is 6.07 Å². The molecular weight excluding hydrogens is 100 g/mol. The van der Waals surface area contributed by atoms with Crippen molar-refractivity contribution in [3.05, 3.63) is 0 Å². The van der Waals surface area contributed by atoms with Crippen molar-refractivity contribution in [2.75, 3.05) is 0 Å². The third kappa shape index (κ3) is 357. The third-order valence-electron chi connectivity index (χ3n) is 0. The summed E-state index contributed by atoms with van der Waals surface area (Å²) in [4.78, 5) is 0. The summed E-state index contributed by atoms with van der Waals surface area (Å²) < 4.78 is 0. The maximum absolute atomic E-state index is 7.32. The van der Waals surface area contributed by atoms with Gasteiger partial charge < -0.3 is 5.73 Å². The molecule has 0 aliphatic carbocycles. The molecule has 0 bridgehead atoms. The summed E-state index contributed by atoms with van der Waals surface area (Å²) in [7, 11) is 0. The summed E-state index contributed by atoms with van der Waals surface area (Å²) >= 11 is 0. The Morgan fingerprint density at radius 1 is 1.38 bits per heavy atom. The fraction of sp³-hybridized carbons (Fsp3) is 0.833. The minimum absolute atomic E-state index is 0. The van der Waals surface area contributed by atoms with Gasteiger partial charge >= 0.3 is 0 Å². The summed E-state index contributed by atoms with van der Waals surface area (Å²) in [5, 5.41) is 7.32. The number of hydrogen-bond acceptors (Lipinski definition) is 2. The minimum Gasteiger partial charge on any atom is -0.326 e. The number of nitrogens with two attached hydrogens (primary N) is 1. The molecule has 0 aromatic heterocycles. The van der Waals surface area contributed by atoms with Gasteiger partial charge in [-0.05, 0) is 20.8 Å². The number of nitrogens with zero attached hydrogens (tertiary/aromatic N) is 1. The van der Waals surface area contributed by atoms with Crippen LogP contribution < -0.4 is 5.73 Å². The predicted octanol–water partition coefficient (Wildman–Crippen LogP) is 1.27. The van der Waals surface area contributed by atoms with E-state index in [0.29, 0.717) is 0 Å². The van der Waals surface area contributed by atoms with Crippen molar-refractivity contribution in [2.45, 2.75) is 33.2 Å². The highest BCUT2D eigenvalue weighted by Gasteiger charge is 1.95. The molecule has 0 saturated carbocycles. The first kappa shape index (κ1) is 10.4. The number of hydrogen-bond donors (Lipinski definition) is 1. The Bertz CT molecular complexity index is 67.5. The quantitative estimate of drug-likeness (QED) is 0.515. The van der Waals surface area contributed by atoms with Crippen LogP contribution in [-0.4, -0.2) is 5.54 Å². The van der Waals surface area contributed by atoms with Crippen LogP contribution in [-0.2, 0) is 0 Å². The fourth-order valence-electron chi connectivity index (χ4n) is 0. The van der Waals surface area contributed by atoms with Crippen LogP contribution in [0.1, 0.15) is 27.7 Å². The fourth-order valence-corrected chi connectivity index (χ4v) is 0. The van der Waals surface area contributed by atoms with Crippen LogP contribution in [0.15, 0.2) is 0 Å². The summed E-state index contributed by atoms with van der Waals surface area (Å²) in [6.45, 7) is 7.33. The summed E-state index contributed by atoms with van der Waals surface area (Å²) in [6, 6.07) is 1.75. The van der Waals surface area contributed by atoms with Crippen LogP contribution >= 0.6 is 0 Å². The van der Waals surface area contributed by atoms with Gasteiger partial charge in [0, 0.05) is 12.5 Å². The molecule has 0 aliphatic rings. The van der Waals surface area contributed by atoms with E-state index in [0.717, 1.165) is 0 Å². The molecule has 2 nitrogen and oxygen atoms in total. The first-order valence-corrected chi connectivity index (χ1v) is 2.51. The van der Waals surface area contributed by atoms with Crippen LogP contribution in [0.25, 0.3) is 0 Å². The van der Waals surface area contributed by atoms with Gasteiger partial charge in [0.05, 0.1) is 6.07 Å². The van der Waals surface area contributed by atoms with Crippen LogP contribution in [0.5, 0.6) is 0 Å². The highest BCUT2D eigenvalue weighted by atomic mass is 14.7. The monoisotopic (exact) mass is 114 g/mol. The first-order valence-electron chi connectivity index (χ1n) is 2.51. The second-order valence-corrected chi connectivity index (χ2v) is 2.59. The van der Waals surface area contributed by atoms with E-state index < -0.39 is 0 Å². The molecule has 0 fully saturated rings. The standard InChI is InChI=1S/C4H11N.C2H3N/c1-4(2,3)5;1-2-3/h5H2,1-3H3;1H3. The van der Waals surface area contributed by atoms with E-state index in [2.05, 4.69) is 0 Å². The summed E-state index contributed by atoms with van der Waals surface area (Å²) in [5.74, 6) is 0. The van der Waals surface area contributed by atoms with Gasteiger partial charge in [-0.15, -0.1) is 0 Å². The van der Waals surface area contributed by atoms with Gasteiger partial charge in [0.1, 0.15) is 0 Å². The molecule has 8 heavy (non-hydrogen) atoms. The Hall–Kier alpha value is -0.550. The molecule has 0 amide bonds. The zero-order chi connectivity index (χ0) is 7.21. The normalized spacial score (nSPS) is 8.50. The molecule has 0 saturated heterocycles. The van der Waals surface area contributed by atoms with Crippen molar-refractivity contribution in [3.63, 3.8) is 0 Å². The van der Waals surface area contributed by atoms with E-state index in [1.54, 1.807) is 6.07 Å². The van der Waals surface area contributed by atoms with Crippen LogP contribution in [0.2, 0.25) is 0 Å². The molecule has 2 heteroatoms. The van der Waals surface area contributed by atoms with E-state index in [1.165, 1.54) is 6.92 Å². The smallest absolute Gasteiger partial charge is 0.0587 e. The van der Waals surface area contributed by atoms with Gasteiger partial charge in [0.25, 0.3) is 0 Å². The summed E-state index contributed by atoms with van der Waals surface area (Å²) in [6.07, 6.45) is 0. The van der Waals surface area contributed by atoms with E-state index >= 15 is 0 Å². The lowest BCUT2D eigenvalue weighted by atomic mass is 10.1. The van der Waals surface area contributed by atoms with Gasteiger partial charge in [0.15, 0.2) is 0 Å². The zero-order valence-electron chi connectivity index (χ0n) is 6.02. The molecule has 0 spiro atoms. The first-order chi connectivity index (χ1) is 3.41. The Labute approximate surface area is 51.3 Å². The van der Waals surface area contributed by atoms with Gasteiger partial charge in [-0.2, -0.15) is 5.26 Å². The highest BCUT2D eigenvalue weighted by molar-refractivity contribution is 4.60. The van der Waals surface area contributed by atoms with Gasteiger partial charge in [-0.3, -0.25) is 0 Å². The molecule has 48 valence electrons. The molecule has 0 rings (SSSR count). The van der Waals surface area contributed by atoms with Crippen LogP contribution in [0.3, 0.4) is 0 Å². The minimum atomic E-state index is 0. The van der Waals surface area contributed by atoms with Crippen molar-refractivity contribution >= 4 is 0 Å². The Morgan fingerprint density at radius 3 is 1.38 bits per heavy atom. The van der Waals surface area contributed by atoms with Gasteiger partial charge in [0.2, 0.25) is 0 Å². The number of nitriles is 1. The highest BCUT2D eigenvalue weighted by Crippen LogP contribution is 1.88. The molecular formula is C6H14N2. The van der Waals surface area contributed by atoms with Crippen LogP contribution in [0.4, 0.5) is 0 Å². The predicted molar refractivity (Wildman–Crippen MR) is 35.2 cm³/mol. The molecule has 0 aliphatic heterocycles. The lowest BCUT2D eigenvalue weighted by Crippen LogP contribution is -2.26. The SMILES string of the molecule is CC#N.CC(C)(C)N. The van der Waals surface area contributed by atoms with Gasteiger partial charge in [-0.25, -0.2) is 0 Å². The maximum atomic E-state index is 7.32. The molecule has 0 atom stereocenters. The van der Waals surface area contributed by atoms with E-state index in [1.807, 2.05) is 20.8 Å². The van der Waals surface area contributed by atoms with E-state index in [9.17, 15) is 0 Å². The molecule has 2 N–H and O–H groups in total. The third-order valence-corrected chi connectivity index (χ3v) is 0. The van der Waals surface area contributed by atoms with Crippen molar-refractivity contribution in [1.29, 1.82) is 5.26 Å². The summed E-state index contributed by atoms with van der Waals surface area (Å²) in [5.41, 5.74) is 5.35. The Morgan fingerprint density at radius 2 is 1.38 bits per heavy atom. The average molecular weight is 114 g/mol. The Balaban J connectivity index is 0. The van der Waals surface area contributed by atoms with E-state index in [4.69, 9.17) is 11.0 Å². The number of rotatable bonds is 0. The van der Waals surface area contributed by atoms with Crippen molar-refractivity contribution in [2.24, 2.45) is 5.73 Å². The topological polar surface area (TPSA) is 49.8 Å². The Kier molecular flexibility index (Phi) is 6.01. The van der Waals surface area contributed by atoms with Crippen molar-refractivity contribution < 1.29 is 0 Å². The molecule has 0 radical (unpaired) electrons. The molecule has 0 heterocycles. The second-order valence-electron chi connectivity index (χ2n) is 2.59.